The van der Waals surface area contributed by atoms with Crippen LogP contribution in [0.1, 0.15) is 77.7 Å². The Morgan fingerprint density at radius 2 is 1.76 bits per heavy atom. The molecule has 0 saturated heterocycles. The van der Waals surface area contributed by atoms with Gasteiger partial charge in [0.15, 0.2) is 11.5 Å². The van der Waals surface area contributed by atoms with Gasteiger partial charge in [0.2, 0.25) is 0 Å². The number of fused-ring (bicyclic) bond motifs is 1. The van der Waals surface area contributed by atoms with Crippen LogP contribution in [0.4, 0.5) is 0 Å². The number of hydrogen-bond acceptors (Lipinski definition) is 3. The number of aromatic nitrogens is 1. The van der Waals surface area contributed by atoms with E-state index in [9.17, 15) is 4.79 Å². The molecule has 148 valence electrons. The van der Waals surface area contributed by atoms with E-state index in [1.165, 1.54) is 48.8 Å². The van der Waals surface area contributed by atoms with Gasteiger partial charge in [-0.2, -0.15) is 0 Å². The fourth-order valence-corrected chi connectivity index (χ4v) is 4.81. The number of carbonyl (C=O) groups is 1. The second-order valence-electron chi connectivity index (χ2n) is 8.30. The largest absolute Gasteiger partial charge is 0.355 e. The maximum atomic E-state index is 12.7. The lowest BCUT2D eigenvalue weighted by atomic mass is 9.84. The SMILES string of the molecule is O=C(NC1CCc2ccccc21)c1cc(-c2ccc(C3CCCCC3)cc2)on1. The first-order valence-electron chi connectivity index (χ1n) is 10.7. The fraction of sp³-hybridized carbons (Fsp3) is 0.360. The summed E-state index contributed by atoms with van der Waals surface area (Å²) in [5.74, 6) is 1.14. The highest BCUT2D eigenvalue weighted by Gasteiger charge is 2.25. The maximum absolute atomic E-state index is 12.7. The Morgan fingerprint density at radius 1 is 0.966 bits per heavy atom. The quantitative estimate of drug-likeness (QED) is 0.616. The predicted molar refractivity (Wildman–Crippen MR) is 113 cm³/mol. The van der Waals surface area contributed by atoms with E-state index in [2.05, 4.69) is 46.9 Å². The number of rotatable bonds is 4. The van der Waals surface area contributed by atoms with Gasteiger partial charge in [0.25, 0.3) is 5.91 Å². The molecule has 1 atom stereocenters. The Balaban J connectivity index is 1.27. The van der Waals surface area contributed by atoms with Gasteiger partial charge in [-0.05, 0) is 48.3 Å². The fourth-order valence-electron chi connectivity index (χ4n) is 4.81. The molecule has 1 aromatic heterocycles. The van der Waals surface area contributed by atoms with Crippen molar-refractivity contribution < 1.29 is 9.32 Å². The highest BCUT2D eigenvalue weighted by Crippen LogP contribution is 2.34. The van der Waals surface area contributed by atoms with Crippen LogP contribution in [0, 0.1) is 0 Å². The number of hydrogen-bond donors (Lipinski definition) is 1. The zero-order valence-electron chi connectivity index (χ0n) is 16.6. The normalized spacial score (nSPS) is 19.1. The third kappa shape index (κ3) is 3.71. The molecule has 29 heavy (non-hydrogen) atoms. The summed E-state index contributed by atoms with van der Waals surface area (Å²) in [7, 11) is 0. The lowest BCUT2D eigenvalue weighted by Gasteiger charge is -2.21. The van der Waals surface area contributed by atoms with Crippen LogP contribution in [0.3, 0.4) is 0 Å². The summed E-state index contributed by atoms with van der Waals surface area (Å²) in [4.78, 5) is 12.7. The average Bonchev–Trinajstić information content (AvgIpc) is 3.43. The molecule has 1 fully saturated rings. The van der Waals surface area contributed by atoms with Crippen molar-refractivity contribution in [3.63, 3.8) is 0 Å². The van der Waals surface area contributed by atoms with E-state index in [0.29, 0.717) is 17.4 Å². The van der Waals surface area contributed by atoms with Gasteiger partial charge >= 0.3 is 0 Å². The first kappa shape index (κ1) is 18.2. The number of nitrogens with zero attached hydrogens (tertiary/aromatic N) is 1. The summed E-state index contributed by atoms with van der Waals surface area (Å²) in [5.41, 5.74) is 5.23. The molecule has 2 aliphatic carbocycles. The summed E-state index contributed by atoms with van der Waals surface area (Å²) in [5, 5.41) is 7.12. The Kier molecular flexibility index (Phi) is 4.92. The average molecular weight is 386 g/mol. The third-order valence-electron chi connectivity index (χ3n) is 6.45. The summed E-state index contributed by atoms with van der Waals surface area (Å²) >= 11 is 0. The molecule has 5 rings (SSSR count). The Bertz CT molecular complexity index is 1000. The first-order valence-corrected chi connectivity index (χ1v) is 10.7. The van der Waals surface area contributed by atoms with Crippen LogP contribution in [-0.2, 0) is 6.42 Å². The molecule has 0 radical (unpaired) electrons. The molecule has 4 nitrogen and oxygen atoms in total. The lowest BCUT2D eigenvalue weighted by Crippen LogP contribution is -2.27. The van der Waals surface area contributed by atoms with E-state index < -0.39 is 0 Å². The molecule has 1 saturated carbocycles. The Labute approximate surface area is 171 Å². The van der Waals surface area contributed by atoms with Gasteiger partial charge < -0.3 is 9.84 Å². The van der Waals surface area contributed by atoms with Gasteiger partial charge in [0, 0.05) is 11.6 Å². The predicted octanol–water partition coefficient (Wildman–Crippen LogP) is 5.81. The number of benzene rings is 2. The molecule has 0 bridgehead atoms. The van der Waals surface area contributed by atoms with Gasteiger partial charge in [-0.3, -0.25) is 4.79 Å². The molecule has 3 aromatic rings. The third-order valence-corrected chi connectivity index (χ3v) is 6.45. The van der Waals surface area contributed by atoms with E-state index >= 15 is 0 Å². The number of aryl methyl sites for hydroxylation is 1. The van der Waals surface area contributed by atoms with E-state index in [1.807, 2.05) is 12.1 Å². The Hall–Kier alpha value is -2.88. The van der Waals surface area contributed by atoms with Crippen molar-refractivity contribution in [2.24, 2.45) is 0 Å². The number of amides is 1. The molecule has 1 amide bonds. The van der Waals surface area contributed by atoms with Gasteiger partial charge in [-0.15, -0.1) is 0 Å². The molecule has 2 aliphatic rings. The van der Waals surface area contributed by atoms with Crippen LogP contribution in [0.5, 0.6) is 0 Å². The first-order chi connectivity index (χ1) is 14.3. The van der Waals surface area contributed by atoms with Gasteiger partial charge in [0.1, 0.15) is 0 Å². The molecule has 0 spiro atoms. The molecular weight excluding hydrogens is 360 g/mol. The zero-order valence-corrected chi connectivity index (χ0v) is 16.6. The van der Waals surface area contributed by atoms with Crippen molar-refractivity contribution >= 4 is 5.91 Å². The Morgan fingerprint density at radius 3 is 2.59 bits per heavy atom. The van der Waals surface area contributed by atoms with Crippen LogP contribution in [0.2, 0.25) is 0 Å². The van der Waals surface area contributed by atoms with Crippen LogP contribution < -0.4 is 5.32 Å². The minimum Gasteiger partial charge on any atom is -0.355 e. The topological polar surface area (TPSA) is 55.1 Å². The van der Waals surface area contributed by atoms with E-state index in [4.69, 9.17) is 4.52 Å². The highest BCUT2D eigenvalue weighted by atomic mass is 16.5. The van der Waals surface area contributed by atoms with E-state index in [1.54, 1.807) is 6.07 Å². The summed E-state index contributed by atoms with van der Waals surface area (Å²) in [6, 6.07) is 18.6. The number of carbonyl (C=O) groups excluding carboxylic acids is 1. The van der Waals surface area contributed by atoms with Crippen LogP contribution >= 0.6 is 0 Å². The monoisotopic (exact) mass is 386 g/mol. The van der Waals surface area contributed by atoms with Gasteiger partial charge in [0.05, 0.1) is 6.04 Å². The summed E-state index contributed by atoms with van der Waals surface area (Å²) in [6.45, 7) is 0. The van der Waals surface area contributed by atoms with Crippen molar-refractivity contribution in [3.8, 4) is 11.3 Å². The summed E-state index contributed by atoms with van der Waals surface area (Å²) < 4.78 is 5.48. The van der Waals surface area contributed by atoms with Crippen molar-refractivity contribution in [3.05, 3.63) is 77.0 Å². The van der Waals surface area contributed by atoms with Gasteiger partial charge in [-0.1, -0.05) is 73.0 Å². The highest BCUT2D eigenvalue weighted by molar-refractivity contribution is 5.93. The smallest absolute Gasteiger partial charge is 0.273 e. The molecule has 2 aromatic carbocycles. The second-order valence-corrected chi connectivity index (χ2v) is 8.30. The molecule has 1 N–H and O–H groups in total. The van der Waals surface area contributed by atoms with Crippen molar-refractivity contribution in [2.75, 3.05) is 0 Å². The summed E-state index contributed by atoms with van der Waals surface area (Å²) in [6.07, 6.45) is 8.53. The van der Waals surface area contributed by atoms with Crippen LogP contribution in [-0.4, -0.2) is 11.1 Å². The van der Waals surface area contributed by atoms with Crippen LogP contribution in [0.25, 0.3) is 11.3 Å². The molecular formula is C25H26N2O2. The van der Waals surface area contributed by atoms with Crippen molar-refractivity contribution in [1.29, 1.82) is 0 Å². The number of nitrogens with one attached hydrogen (secondary N) is 1. The second kappa shape index (κ2) is 7.86. The minimum atomic E-state index is -0.180. The zero-order chi connectivity index (χ0) is 19.6. The molecule has 1 heterocycles. The van der Waals surface area contributed by atoms with Gasteiger partial charge in [-0.25, -0.2) is 0 Å². The van der Waals surface area contributed by atoms with Crippen molar-refractivity contribution in [2.45, 2.75) is 56.9 Å². The molecule has 0 aliphatic heterocycles. The minimum absolute atomic E-state index is 0.0497. The maximum Gasteiger partial charge on any atom is 0.273 e. The lowest BCUT2D eigenvalue weighted by molar-refractivity contribution is 0.0927. The van der Waals surface area contributed by atoms with Crippen LogP contribution in [0.15, 0.2) is 59.1 Å². The molecule has 4 heteroatoms. The van der Waals surface area contributed by atoms with Crippen molar-refractivity contribution in [1.82, 2.24) is 10.5 Å². The standard InChI is InChI=1S/C25H26N2O2/c28-25(26-22-15-14-19-8-4-5-9-21(19)22)23-16-24(29-27-23)20-12-10-18(11-13-20)17-6-2-1-3-7-17/h4-5,8-13,16-17,22H,1-3,6-7,14-15H2,(H,26,28). The van der Waals surface area contributed by atoms with E-state index in [0.717, 1.165) is 18.4 Å². The van der Waals surface area contributed by atoms with E-state index in [-0.39, 0.29) is 11.9 Å². The molecule has 1 unspecified atom stereocenters.